The summed E-state index contributed by atoms with van der Waals surface area (Å²) in [6.07, 6.45) is 0.481. The van der Waals surface area contributed by atoms with Crippen molar-refractivity contribution < 1.29 is 4.79 Å². The van der Waals surface area contributed by atoms with Gasteiger partial charge in [0, 0.05) is 35.6 Å². The van der Waals surface area contributed by atoms with Gasteiger partial charge in [-0.2, -0.15) is 0 Å². The molecule has 0 saturated heterocycles. The molecule has 28 heavy (non-hydrogen) atoms. The van der Waals surface area contributed by atoms with Gasteiger partial charge in [-0.3, -0.25) is 4.79 Å². The Balaban J connectivity index is 0.00000280. The molecule has 1 heterocycles. The van der Waals surface area contributed by atoms with E-state index in [4.69, 9.17) is 4.99 Å². The molecular weight excluding hydrogens is 531 g/mol. The third-order valence-corrected chi connectivity index (χ3v) is 5.17. The molecule has 7 heteroatoms. The third kappa shape index (κ3) is 5.94. The molecule has 1 amide bonds. The van der Waals surface area contributed by atoms with Crippen molar-refractivity contribution in [1.82, 2.24) is 10.6 Å². The largest absolute Gasteiger partial charge is 0.357 e. The van der Waals surface area contributed by atoms with Gasteiger partial charge in [-0.15, -0.1) is 24.0 Å². The van der Waals surface area contributed by atoms with Crippen LogP contribution < -0.4 is 16.0 Å². The Morgan fingerprint density at radius 1 is 1.25 bits per heavy atom. The number of hydrogen-bond donors (Lipinski definition) is 3. The first kappa shape index (κ1) is 22.7. The van der Waals surface area contributed by atoms with Gasteiger partial charge in [-0.25, -0.2) is 4.99 Å². The highest BCUT2D eigenvalue weighted by Crippen LogP contribution is 2.31. The van der Waals surface area contributed by atoms with Gasteiger partial charge < -0.3 is 16.0 Å². The lowest BCUT2D eigenvalue weighted by atomic mass is 9.90. The fourth-order valence-electron chi connectivity index (χ4n) is 3.25. The summed E-state index contributed by atoms with van der Waals surface area (Å²) in [4.78, 5) is 16.7. The molecule has 1 aliphatic rings. The monoisotopic (exact) mass is 556 g/mol. The molecule has 0 aliphatic carbocycles. The minimum absolute atomic E-state index is 0. The molecule has 0 fully saturated rings. The molecular formula is C21H26BrIN4O. The molecule has 1 unspecified atom stereocenters. The van der Waals surface area contributed by atoms with Crippen LogP contribution in [-0.2, 0) is 11.3 Å². The Morgan fingerprint density at radius 3 is 2.79 bits per heavy atom. The molecule has 0 spiro atoms. The van der Waals surface area contributed by atoms with Crippen molar-refractivity contribution in [3.05, 3.63) is 63.6 Å². The summed E-state index contributed by atoms with van der Waals surface area (Å²) in [7, 11) is 0. The molecule has 3 rings (SSSR count). The number of nitrogens with one attached hydrogen (secondary N) is 3. The van der Waals surface area contributed by atoms with Gasteiger partial charge in [0.15, 0.2) is 5.96 Å². The average Bonchev–Trinajstić information content (AvgIpc) is 2.64. The number of rotatable bonds is 5. The summed E-state index contributed by atoms with van der Waals surface area (Å²) < 4.78 is 1.08. The van der Waals surface area contributed by atoms with Crippen LogP contribution in [-0.4, -0.2) is 25.0 Å². The number of carbonyl (C=O) groups excluding carboxylic acids is 1. The Kier molecular flexibility index (Phi) is 8.75. The summed E-state index contributed by atoms with van der Waals surface area (Å²) in [5.41, 5.74) is 4.48. The zero-order valence-electron chi connectivity index (χ0n) is 16.1. The number of aryl methyl sites for hydroxylation is 1. The van der Waals surface area contributed by atoms with Gasteiger partial charge in [-0.05, 0) is 48.7 Å². The summed E-state index contributed by atoms with van der Waals surface area (Å²) in [5.74, 6) is 0.962. The van der Waals surface area contributed by atoms with Gasteiger partial charge in [0.25, 0.3) is 0 Å². The fourth-order valence-corrected chi connectivity index (χ4v) is 3.72. The Hall–Kier alpha value is -1.61. The highest BCUT2D eigenvalue weighted by atomic mass is 127. The molecule has 2 aromatic carbocycles. The second-order valence-corrected chi connectivity index (χ2v) is 7.60. The van der Waals surface area contributed by atoms with Crippen LogP contribution >= 0.6 is 39.9 Å². The molecule has 1 aliphatic heterocycles. The quantitative estimate of drug-likeness (QED) is 0.287. The molecule has 150 valence electrons. The number of amides is 1. The summed E-state index contributed by atoms with van der Waals surface area (Å²) in [6, 6.07) is 14.2. The molecule has 3 N–H and O–H groups in total. The Morgan fingerprint density at radius 2 is 2.04 bits per heavy atom. The van der Waals surface area contributed by atoms with Crippen molar-refractivity contribution in [2.24, 2.45) is 4.99 Å². The number of nitrogens with zero attached hydrogens (tertiary/aromatic N) is 1. The molecule has 1 atom stereocenters. The summed E-state index contributed by atoms with van der Waals surface area (Å²) in [5, 5.41) is 9.63. The number of para-hydroxylation sites is 1. The number of carbonyl (C=O) groups is 1. The SMILES string of the molecule is CCNC(=NCc1ccc(Br)cc1C)NCC1CC(=O)Nc2ccccc21.I. The van der Waals surface area contributed by atoms with Gasteiger partial charge in [0.05, 0.1) is 6.54 Å². The molecule has 5 nitrogen and oxygen atoms in total. The van der Waals surface area contributed by atoms with Crippen LogP contribution in [0.4, 0.5) is 5.69 Å². The van der Waals surface area contributed by atoms with Crippen molar-refractivity contribution >= 4 is 57.5 Å². The summed E-state index contributed by atoms with van der Waals surface area (Å²) in [6.45, 7) is 6.19. The first-order valence-electron chi connectivity index (χ1n) is 9.22. The zero-order valence-corrected chi connectivity index (χ0v) is 20.0. The molecule has 0 aromatic heterocycles. The lowest BCUT2D eigenvalue weighted by Crippen LogP contribution is -2.40. The smallest absolute Gasteiger partial charge is 0.225 e. The highest BCUT2D eigenvalue weighted by Gasteiger charge is 2.24. The van der Waals surface area contributed by atoms with E-state index in [-0.39, 0.29) is 35.8 Å². The highest BCUT2D eigenvalue weighted by molar-refractivity contribution is 14.0. The van der Waals surface area contributed by atoms with E-state index >= 15 is 0 Å². The van der Waals surface area contributed by atoms with Crippen LogP contribution in [0.1, 0.15) is 36.0 Å². The van der Waals surface area contributed by atoms with Gasteiger partial charge in [-0.1, -0.05) is 40.2 Å². The van der Waals surface area contributed by atoms with Crippen molar-refractivity contribution in [1.29, 1.82) is 0 Å². The normalized spacial score (nSPS) is 15.9. The minimum atomic E-state index is 0. The van der Waals surface area contributed by atoms with Gasteiger partial charge in [0.1, 0.15) is 0 Å². The van der Waals surface area contributed by atoms with Crippen LogP contribution in [0.5, 0.6) is 0 Å². The van der Waals surface area contributed by atoms with E-state index in [0.717, 1.165) is 22.7 Å². The standard InChI is InChI=1S/C21H25BrN4O.HI/c1-3-23-21(24-12-15-8-9-17(22)10-14(15)2)25-13-16-11-20(27)26-19-7-5-4-6-18(16)19;/h4-10,16H,3,11-13H2,1-2H3,(H,26,27)(H2,23,24,25);1H. The topological polar surface area (TPSA) is 65.5 Å². The lowest BCUT2D eigenvalue weighted by molar-refractivity contribution is -0.116. The van der Waals surface area contributed by atoms with E-state index in [0.29, 0.717) is 19.5 Å². The van der Waals surface area contributed by atoms with Crippen molar-refractivity contribution in [2.45, 2.75) is 32.7 Å². The van der Waals surface area contributed by atoms with E-state index in [9.17, 15) is 4.79 Å². The maximum absolute atomic E-state index is 12.0. The Labute approximate surface area is 191 Å². The second kappa shape index (κ2) is 10.8. The number of benzene rings is 2. The molecule has 0 bridgehead atoms. The summed E-state index contributed by atoms with van der Waals surface area (Å²) >= 11 is 3.50. The molecule has 0 saturated carbocycles. The predicted molar refractivity (Wildman–Crippen MR) is 130 cm³/mol. The number of guanidine groups is 1. The van der Waals surface area contributed by atoms with Crippen LogP contribution in [0.3, 0.4) is 0 Å². The predicted octanol–water partition coefficient (Wildman–Crippen LogP) is 4.56. The number of aliphatic imine (C=N–C) groups is 1. The van der Waals surface area contributed by atoms with E-state index < -0.39 is 0 Å². The van der Waals surface area contributed by atoms with E-state index in [1.807, 2.05) is 31.2 Å². The minimum Gasteiger partial charge on any atom is -0.357 e. The van der Waals surface area contributed by atoms with Crippen molar-refractivity contribution in [2.75, 3.05) is 18.4 Å². The number of anilines is 1. The lowest BCUT2D eigenvalue weighted by Gasteiger charge is -2.26. The van der Waals surface area contributed by atoms with E-state index in [2.05, 4.69) is 57.0 Å². The maximum Gasteiger partial charge on any atom is 0.225 e. The van der Waals surface area contributed by atoms with E-state index in [1.165, 1.54) is 16.7 Å². The number of halogens is 2. The maximum atomic E-state index is 12.0. The zero-order chi connectivity index (χ0) is 19.2. The van der Waals surface area contributed by atoms with Crippen LogP contribution in [0.25, 0.3) is 0 Å². The van der Waals surface area contributed by atoms with E-state index in [1.54, 1.807) is 0 Å². The first-order chi connectivity index (χ1) is 13.1. The number of fused-ring (bicyclic) bond motifs is 1. The molecule has 0 radical (unpaired) electrons. The van der Waals surface area contributed by atoms with Crippen LogP contribution in [0.15, 0.2) is 51.9 Å². The van der Waals surface area contributed by atoms with Crippen molar-refractivity contribution in [3.63, 3.8) is 0 Å². The van der Waals surface area contributed by atoms with Crippen molar-refractivity contribution in [3.8, 4) is 0 Å². The Bertz CT molecular complexity index is 856. The first-order valence-corrected chi connectivity index (χ1v) is 10.0. The third-order valence-electron chi connectivity index (χ3n) is 4.68. The van der Waals surface area contributed by atoms with Gasteiger partial charge in [0.2, 0.25) is 5.91 Å². The average molecular weight is 557 g/mol. The van der Waals surface area contributed by atoms with Crippen LogP contribution in [0.2, 0.25) is 0 Å². The molecule has 2 aromatic rings. The number of hydrogen-bond acceptors (Lipinski definition) is 2. The fraction of sp³-hybridized carbons (Fsp3) is 0.333. The van der Waals surface area contributed by atoms with Crippen LogP contribution in [0, 0.1) is 6.92 Å². The second-order valence-electron chi connectivity index (χ2n) is 6.68. The van der Waals surface area contributed by atoms with Gasteiger partial charge >= 0.3 is 0 Å².